The van der Waals surface area contributed by atoms with Crippen LogP contribution in [-0.2, 0) is 26.2 Å². The van der Waals surface area contributed by atoms with Crippen molar-refractivity contribution < 1.29 is 18.0 Å². The molecular formula is C29H39Cl2N3O4S. The van der Waals surface area contributed by atoms with E-state index in [1.165, 1.54) is 17.0 Å². The van der Waals surface area contributed by atoms with E-state index in [4.69, 9.17) is 23.2 Å². The van der Waals surface area contributed by atoms with E-state index in [9.17, 15) is 18.0 Å². The third-order valence-corrected chi connectivity index (χ3v) is 9.16. The minimum absolute atomic E-state index is 0.0826. The number of carbonyl (C=O) groups excluding carboxylic acids is 2. The Morgan fingerprint density at radius 1 is 1.03 bits per heavy atom. The molecule has 7 nitrogen and oxygen atoms in total. The van der Waals surface area contributed by atoms with Gasteiger partial charge in [-0.3, -0.25) is 13.9 Å². The number of halogens is 2. The van der Waals surface area contributed by atoms with Gasteiger partial charge in [-0.1, -0.05) is 60.7 Å². The molecule has 39 heavy (non-hydrogen) atoms. The van der Waals surface area contributed by atoms with Gasteiger partial charge in [-0.15, -0.1) is 0 Å². The van der Waals surface area contributed by atoms with Gasteiger partial charge in [0.05, 0.1) is 22.0 Å². The molecule has 2 amide bonds. The van der Waals surface area contributed by atoms with Gasteiger partial charge < -0.3 is 10.2 Å². The predicted octanol–water partition coefficient (Wildman–Crippen LogP) is 6.02. The molecule has 1 aliphatic carbocycles. The molecule has 2 aromatic carbocycles. The monoisotopic (exact) mass is 595 g/mol. The first-order valence-electron chi connectivity index (χ1n) is 13.5. The number of aryl methyl sites for hydroxylation is 2. The highest BCUT2D eigenvalue weighted by Gasteiger charge is 2.28. The van der Waals surface area contributed by atoms with Gasteiger partial charge in [-0.05, 0) is 74.9 Å². The van der Waals surface area contributed by atoms with Crippen LogP contribution in [0.1, 0.15) is 68.6 Å². The summed E-state index contributed by atoms with van der Waals surface area (Å²) in [5.41, 5.74) is 3.15. The van der Waals surface area contributed by atoms with Crippen LogP contribution in [0.2, 0.25) is 10.0 Å². The molecule has 1 fully saturated rings. The standard InChI is InChI=1S/C29H39Cl2N3O4S/c1-20-12-13-21(2)27(17-20)34(39(4,37)38)16-8-11-28(35)33(19-23-14-15-25(30)26(31)18-23)22(3)29(36)32-24-9-6-5-7-10-24/h12-15,17-18,22,24H,5-11,16,19H2,1-4H3,(H,32,36). The van der Waals surface area contributed by atoms with Gasteiger partial charge >= 0.3 is 0 Å². The van der Waals surface area contributed by atoms with Gasteiger partial charge in [0.2, 0.25) is 21.8 Å². The van der Waals surface area contributed by atoms with Crippen molar-refractivity contribution in [2.24, 2.45) is 0 Å². The lowest BCUT2D eigenvalue weighted by atomic mass is 9.95. The normalized spacial score (nSPS) is 15.0. The molecule has 1 N–H and O–H groups in total. The number of hydrogen-bond acceptors (Lipinski definition) is 4. The van der Waals surface area contributed by atoms with Crippen LogP contribution >= 0.6 is 23.2 Å². The number of amides is 2. The topological polar surface area (TPSA) is 86.8 Å². The van der Waals surface area contributed by atoms with E-state index in [2.05, 4.69) is 5.32 Å². The molecule has 0 radical (unpaired) electrons. The van der Waals surface area contributed by atoms with Crippen molar-refractivity contribution in [1.29, 1.82) is 0 Å². The minimum Gasteiger partial charge on any atom is -0.352 e. The maximum Gasteiger partial charge on any atom is 0.242 e. The van der Waals surface area contributed by atoms with E-state index in [1.54, 1.807) is 30.0 Å². The summed E-state index contributed by atoms with van der Waals surface area (Å²) in [6.07, 6.45) is 6.79. The smallest absolute Gasteiger partial charge is 0.242 e. The number of hydrogen-bond donors (Lipinski definition) is 1. The average molecular weight is 597 g/mol. The summed E-state index contributed by atoms with van der Waals surface area (Å²) >= 11 is 12.3. The van der Waals surface area contributed by atoms with Gasteiger partial charge in [-0.25, -0.2) is 8.42 Å². The Balaban J connectivity index is 1.76. The van der Waals surface area contributed by atoms with Crippen molar-refractivity contribution in [3.8, 4) is 0 Å². The fourth-order valence-corrected chi connectivity index (χ4v) is 6.29. The first-order chi connectivity index (χ1) is 18.4. The molecule has 10 heteroatoms. The van der Waals surface area contributed by atoms with Crippen LogP contribution in [-0.4, -0.2) is 50.0 Å². The average Bonchev–Trinajstić information content (AvgIpc) is 2.88. The van der Waals surface area contributed by atoms with E-state index in [1.807, 2.05) is 32.0 Å². The molecule has 1 aliphatic rings. The lowest BCUT2D eigenvalue weighted by Gasteiger charge is -2.31. The molecule has 0 bridgehead atoms. The maximum absolute atomic E-state index is 13.5. The van der Waals surface area contributed by atoms with Crippen molar-refractivity contribution in [2.75, 3.05) is 17.1 Å². The van der Waals surface area contributed by atoms with Crippen molar-refractivity contribution in [1.82, 2.24) is 10.2 Å². The van der Waals surface area contributed by atoms with Crippen molar-refractivity contribution in [2.45, 2.75) is 84.3 Å². The van der Waals surface area contributed by atoms with Crippen LogP contribution < -0.4 is 9.62 Å². The summed E-state index contributed by atoms with van der Waals surface area (Å²) in [5, 5.41) is 3.90. The van der Waals surface area contributed by atoms with Crippen LogP contribution in [0.15, 0.2) is 36.4 Å². The van der Waals surface area contributed by atoms with Crippen LogP contribution in [0, 0.1) is 13.8 Å². The Labute approximate surface area is 242 Å². The summed E-state index contributed by atoms with van der Waals surface area (Å²) in [7, 11) is -3.56. The van der Waals surface area contributed by atoms with Gasteiger partial charge in [0.25, 0.3) is 0 Å². The Kier molecular flexibility index (Phi) is 11.1. The molecule has 1 saturated carbocycles. The Morgan fingerprint density at radius 3 is 2.36 bits per heavy atom. The first kappa shape index (κ1) is 31.2. The van der Waals surface area contributed by atoms with Gasteiger partial charge in [0, 0.05) is 25.6 Å². The summed E-state index contributed by atoms with van der Waals surface area (Å²) in [4.78, 5) is 28.3. The van der Waals surface area contributed by atoms with E-state index in [-0.39, 0.29) is 37.4 Å². The van der Waals surface area contributed by atoms with E-state index in [0.29, 0.717) is 22.2 Å². The highest BCUT2D eigenvalue weighted by molar-refractivity contribution is 7.92. The molecule has 0 spiro atoms. The zero-order valence-corrected chi connectivity index (χ0v) is 25.5. The number of rotatable bonds is 11. The lowest BCUT2D eigenvalue weighted by Crippen LogP contribution is -2.50. The Morgan fingerprint density at radius 2 is 1.72 bits per heavy atom. The van der Waals surface area contributed by atoms with E-state index < -0.39 is 16.1 Å². The number of benzene rings is 2. The second-order valence-corrected chi connectivity index (χ2v) is 13.2. The molecule has 1 atom stereocenters. The zero-order chi connectivity index (χ0) is 28.7. The molecule has 0 aromatic heterocycles. The fraction of sp³-hybridized carbons (Fsp3) is 0.517. The molecule has 0 aliphatic heterocycles. The highest BCUT2D eigenvalue weighted by Crippen LogP contribution is 2.26. The van der Waals surface area contributed by atoms with Crippen molar-refractivity contribution in [3.05, 3.63) is 63.1 Å². The molecule has 0 heterocycles. The fourth-order valence-electron chi connectivity index (χ4n) is 4.96. The van der Waals surface area contributed by atoms with Crippen molar-refractivity contribution in [3.63, 3.8) is 0 Å². The molecule has 1 unspecified atom stereocenters. The SMILES string of the molecule is Cc1ccc(C)c(N(CCCC(=O)N(Cc2ccc(Cl)c(Cl)c2)C(C)C(=O)NC2CCCCC2)S(C)(=O)=O)c1. The van der Waals surface area contributed by atoms with Gasteiger partial charge in [0.1, 0.15) is 6.04 Å². The number of nitrogens with one attached hydrogen (secondary N) is 1. The summed E-state index contributed by atoms with van der Waals surface area (Å²) in [5.74, 6) is -0.426. The van der Waals surface area contributed by atoms with E-state index in [0.717, 1.165) is 42.4 Å². The molecular weight excluding hydrogens is 557 g/mol. The molecule has 214 valence electrons. The number of sulfonamides is 1. The second-order valence-electron chi connectivity index (χ2n) is 10.5. The Hall–Kier alpha value is -2.29. The van der Waals surface area contributed by atoms with E-state index >= 15 is 0 Å². The number of carbonyl (C=O) groups is 2. The maximum atomic E-state index is 13.5. The summed E-state index contributed by atoms with van der Waals surface area (Å²) in [6.45, 7) is 5.84. The molecule has 2 aromatic rings. The first-order valence-corrected chi connectivity index (χ1v) is 16.1. The van der Waals surface area contributed by atoms with Gasteiger partial charge in [0.15, 0.2) is 0 Å². The Bertz CT molecular complexity index is 1280. The second kappa shape index (κ2) is 13.9. The van der Waals surface area contributed by atoms with Crippen LogP contribution in [0.5, 0.6) is 0 Å². The van der Waals surface area contributed by atoms with Gasteiger partial charge in [-0.2, -0.15) is 0 Å². The van der Waals surface area contributed by atoms with Crippen molar-refractivity contribution >= 4 is 50.7 Å². The third kappa shape index (κ3) is 8.85. The third-order valence-electron chi connectivity index (χ3n) is 7.24. The predicted molar refractivity (Wildman–Crippen MR) is 159 cm³/mol. The molecule has 3 rings (SSSR count). The number of nitrogens with zero attached hydrogens (tertiary/aromatic N) is 2. The highest BCUT2D eigenvalue weighted by atomic mass is 35.5. The quantitative estimate of drug-likeness (QED) is 0.344. The number of anilines is 1. The van der Waals surface area contributed by atoms with Crippen LogP contribution in [0.25, 0.3) is 0 Å². The van der Waals surface area contributed by atoms with Crippen LogP contribution in [0.3, 0.4) is 0 Å². The molecule has 0 saturated heterocycles. The summed E-state index contributed by atoms with van der Waals surface area (Å²) in [6, 6.07) is 10.2. The zero-order valence-electron chi connectivity index (χ0n) is 23.2. The minimum atomic E-state index is -3.56. The van der Waals surface area contributed by atoms with Crippen LogP contribution in [0.4, 0.5) is 5.69 Å². The summed E-state index contributed by atoms with van der Waals surface area (Å²) < 4.78 is 26.6. The largest absolute Gasteiger partial charge is 0.352 e. The lowest BCUT2D eigenvalue weighted by molar-refractivity contribution is -0.141.